The summed E-state index contributed by atoms with van der Waals surface area (Å²) in [4.78, 5) is 2.70. The lowest BCUT2D eigenvalue weighted by molar-refractivity contribution is 0.310. The molecule has 1 aromatic heterocycles. The highest BCUT2D eigenvalue weighted by molar-refractivity contribution is 7.90. The molecule has 0 aliphatic carbocycles. The highest BCUT2D eigenvalue weighted by atomic mass is 32.2. The molecule has 0 saturated carbocycles. The fourth-order valence-corrected chi connectivity index (χ4v) is 5.29. The second kappa shape index (κ2) is 6.56. The van der Waals surface area contributed by atoms with E-state index in [1.54, 1.807) is 12.1 Å². The zero-order valence-corrected chi connectivity index (χ0v) is 16.0. The number of likely N-dealkylation sites (tertiary alicyclic amines) is 1. The van der Waals surface area contributed by atoms with Gasteiger partial charge in [-0.25, -0.2) is 12.4 Å². The minimum atomic E-state index is -3.61. The Bertz CT molecular complexity index is 1040. The van der Waals surface area contributed by atoms with E-state index in [1.165, 1.54) is 16.8 Å². The first kappa shape index (κ1) is 17.3. The molecule has 4 nitrogen and oxygen atoms in total. The predicted octanol–water partition coefficient (Wildman–Crippen LogP) is 3.82. The lowest BCUT2D eigenvalue weighted by atomic mass is 10.0. The van der Waals surface area contributed by atoms with Crippen LogP contribution < -0.4 is 0 Å². The van der Waals surface area contributed by atoms with Crippen molar-refractivity contribution in [2.75, 3.05) is 13.6 Å². The molecule has 2 heterocycles. The van der Waals surface area contributed by atoms with Gasteiger partial charge in [0.1, 0.15) is 0 Å². The molecular weight excluding hydrogens is 344 g/mol. The van der Waals surface area contributed by atoms with Gasteiger partial charge < -0.3 is 4.90 Å². The number of aryl methyl sites for hydroxylation is 1. The Balaban J connectivity index is 1.81. The first-order valence-corrected chi connectivity index (χ1v) is 10.5. The molecule has 1 fully saturated rings. The van der Waals surface area contributed by atoms with E-state index in [-0.39, 0.29) is 0 Å². The summed E-state index contributed by atoms with van der Waals surface area (Å²) in [6.07, 6.45) is 5.08. The number of para-hydroxylation sites is 1. The van der Waals surface area contributed by atoms with Crippen molar-refractivity contribution >= 4 is 20.9 Å². The van der Waals surface area contributed by atoms with Crippen LogP contribution in [0.15, 0.2) is 59.6 Å². The SMILES string of the molecule is Cc1ccc(S(=O)(=O)n2cc(C[C@@H]3CCCN3C)c3ccccc32)cc1. The van der Waals surface area contributed by atoms with Gasteiger partial charge in [-0.15, -0.1) is 0 Å². The summed E-state index contributed by atoms with van der Waals surface area (Å²) in [5.41, 5.74) is 2.91. The summed E-state index contributed by atoms with van der Waals surface area (Å²) in [5, 5.41) is 1.03. The fraction of sp³-hybridized carbons (Fsp3) is 0.333. The lowest BCUT2D eigenvalue weighted by Crippen LogP contribution is -2.26. The fourth-order valence-electron chi connectivity index (χ4n) is 3.89. The average molecular weight is 369 g/mol. The normalized spacial score (nSPS) is 18.6. The van der Waals surface area contributed by atoms with Gasteiger partial charge in [-0.1, -0.05) is 35.9 Å². The Kier molecular flexibility index (Phi) is 4.37. The van der Waals surface area contributed by atoms with Crippen molar-refractivity contribution in [1.29, 1.82) is 0 Å². The van der Waals surface area contributed by atoms with Gasteiger partial charge in [0.15, 0.2) is 0 Å². The topological polar surface area (TPSA) is 42.3 Å². The molecule has 0 unspecified atom stereocenters. The molecule has 1 aliphatic heterocycles. The maximum absolute atomic E-state index is 13.2. The van der Waals surface area contributed by atoms with E-state index in [0.717, 1.165) is 35.0 Å². The number of likely N-dealkylation sites (N-methyl/N-ethyl adjacent to an activating group) is 1. The molecule has 3 aromatic rings. The monoisotopic (exact) mass is 368 g/mol. The molecule has 136 valence electrons. The number of fused-ring (bicyclic) bond motifs is 1. The number of rotatable bonds is 4. The second-order valence-corrected chi connectivity index (χ2v) is 9.08. The molecule has 0 N–H and O–H groups in total. The molecule has 2 aromatic carbocycles. The van der Waals surface area contributed by atoms with Crippen LogP contribution in [0.5, 0.6) is 0 Å². The quantitative estimate of drug-likeness (QED) is 0.703. The maximum atomic E-state index is 13.2. The molecule has 0 spiro atoms. The molecule has 1 aliphatic rings. The van der Waals surface area contributed by atoms with Crippen molar-refractivity contribution < 1.29 is 8.42 Å². The summed E-state index contributed by atoms with van der Waals surface area (Å²) in [7, 11) is -1.45. The molecule has 4 rings (SSSR count). The van der Waals surface area contributed by atoms with E-state index in [0.29, 0.717) is 10.9 Å². The van der Waals surface area contributed by atoms with Crippen LogP contribution in [0.25, 0.3) is 10.9 Å². The van der Waals surface area contributed by atoms with Crippen molar-refractivity contribution in [3.8, 4) is 0 Å². The number of nitrogens with zero attached hydrogens (tertiary/aromatic N) is 2. The van der Waals surface area contributed by atoms with Crippen LogP contribution in [0.1, 0.15) is 24.0 Å². The highest BCUT2D eigenvalue weighted by Gasteiger charge is 2.25. The highest BCUT2D eigenvalue weighted by Crippen LogP contribution is 2.29. The maximum Gasteiger partial charge on any atom is 0.268 e. The Morgan fingerprint density at radius 1 is 1.08 bits per heavy atom. The second-order valence-electron chi connectivity index (χ2n) is 7.27. The summed E-state index contributed by atoms with van der Waals surface area (Å²) < 4.78 is 27.9. The van der Waals surface area contributed by atoms with Gasteiger partial charge in [0.2, 0.25) is 0 Å². The van der Waals surface area contributed by atoms with Crippen molar-refractivity contribution in [2.45, 2.75) is 37.1 Å². The molecular formula is C21H24N2O2S. The average Bonchev–Trinajstić information content (AvgIpc) is 3.20. The Hall–Kier alpha value is -2.11. The third-order valence-corrected chi connectivity index (χ3v) is 7.15. The number of hydrogen-bond acceptors (Lipinski definition) is 3. The Labute approximate surface area is 155 Å². The molecule has 1 atom stereocenters. The first-order valence-electron chi connectivity index (χ1n) is 9.08. The molecule has 26 heavy (non-hydrogen) atoms. The van der Waals surface area contributed by atoms with Crippen LogP contribution >= 0.6 is 0 Å². The molecule has 0 bridgehead atoms. The smallest absolute Gasteiger partial charge is 0.268 e. The lowest BCUT2D eigenvalue weighted by Gasteiger charge is -2.18. The summed E-state index contributed by atoms with van der Waals surface area (Å²) in [5.74, 6) is 0. The van der Waals surface area contributed by atoms with Gasteiger partial charge in [0.05, 0.1) is 10.4 Å². The van der Waals surface area contributed by atoms with Crippen LogP contribution in [-0.2, 0) is 16.4 Å². The third kappa shape index (κ3) is 2.95. The van der Waals surface area contributed by atoms with E-state index in [2.05, 4.69) is 11.9 Å². The minimum Gasteiger partial charge on any atom is -0.303 e. The molecule has 1 saturated heterocycles. The van der Waals surface area contributed by atoms with E-state index in [9.17, 15) is 8.42 Å². The summed E-state index contributed by atoms with van der Waals surface area (Å²) in [6, 6.07) is 15.3. The van der Waals surface area contributed by atoms with E-state index >= 15 is 0 Å². The molecule has 0 radical (unpaired) electrons. The Morgan fingerprint density at radius 2 is 1.81 bits per heavy atom. The molecule has 5 heteroatoms. The van der Waals surface area contributed by atoms with E-state index in [1.807, 2.05) is 49.5 Å². The summed E-state index contributed by atoms with van der Waals surface area (Å²) >= 11 is 0. The first-order chi connectivity index (χ1) is 12.5. The van der Waals surface area contributed by atoms with Crippen molar-refractivity contribution in [2.24, 2.45) is 0 Å². The molecule has 0 amide bonds. The van der Waals surface area contributed by atoms with E-state index in [4.69, 9.17) is 0 Å². The van der Waals surface area contributed by atoms with Gasteiger partial charge in [0, 0.05) is 17.6 Å². The van der Waals surface area contributed by atoms with Crippen molar-refractivity contribution in [1.82, 2.24) is 8.87 Å². The number of aromatic nitrogens is 1. The predicted molar refractivity (Wildman–Crippen MR) is 105 cm³/mol. The van der Waals surface area contributed by atoms with Gasteiger partial charge in [-0.2, -0.15) is 0 Å². The number of hydrogen-bond donors (Lipinski definition) is 0. The zero-order valence-electron chi connectivity index (χ0n) is 15.2. The van der Waals surface area contributed by atoms with Gasteiger partial charge in [0.25, 0.3) is 10.0 Å². The van der Waals surface area contributed by atoms with Gasteiger partial charge in [-0.05, 0) is 63.5 Å². The van der Waals surface area contributed by atoms with Crippen LogP contribution in [0, 0.1) is 6.92 Å². The van der Waals surface area contributed by atoms with E-state index < -0.39 is 10.0 Å². The summed E-state index contributed by atoms with van der Waals surface area (Å²) in [6.45, 7) is 3.07. The Morgan fingerprint density at radius 3 is 2.50 bits per heavy atom. The largest absolute Gasteiger partial charge is 0.303 e. The van der Waals surface area contributed by atoms with Gasteiger partial charge in [-0.3, -0.25) is 0 Å². The standard InChI is InChI=1S/C21H24N2O2S/c1-16-9-11-19(12-10-16)26(24,25)23-15-17(14-18-6-5-13-22(18)2)20-7-3-4-8-21(20)23/h3-4,7-12,15,18H,5-6,13-14H2,1-2H3/t18-/m0/s1. The van der Waals surface area contributed by atoms with Crippen LogP contribution in [-0.4, -0.2) is 36.9 Å². The minimum absolute atomic E-state index is 0.327. The third-order valence-electron chi connectivity index (χ3n) is 5.47. The number of benzene rings is 2. The zero-order chi connectivity index (χ0) is 18.3. The van der Waals surface area contributed by atoms with Crippen LogP contribution in [0.2, 0.25) is 0 Å². The van der Waals surface area contributed by atoms with Crippen molar-refractivity contribution in [3.05, 3.63) is 65.9 Å². The van der Waals surface area contributed by atoms with Crippen LogP contribution in [0.3, 0.4) is 0 Å². The van der Waals surface area contributed by atoms with Crippen molar-refractivity contribution in [3.63, 3.8) is 0 Å². The van der Waals surface area contributed by atoms with Gasteiger partial charge >= 0.3 is 0 Å². The van der Waals surface area contributed by atoms with Crippen LogP contribution in [0.4, 0.5) is 0 Å².